The molecule has 0 saturated carbocycles. The van der Waals surface area contributed by atoms with Crippen LogP contribution in [-0.2, 0) is 18.2 Å². The number of nitrogens with zero attached hydrogens (tertiary/aromatic N) is 4. The van der Waals surface area contributed by atoms with E-state index in [4.69, 9.17) is 4.74 Å². The highest BCUT2D eigenvalue weighted by atomic mass is 127. The summed E-state index contributed by atoms with van der Waals surface area (Å²) in [5.74, 6) is 1.47. The fourth-order valence-electron chi connectivity index (χ4n) is 3.22. The van der Waals surface area contributed by atoms with Crippen LogP contribution < -0.4 is 10.6 Å². The predicted octanol–water partition coefficient (Wildman–Crippen LogP) is 1.49. The van der Waals surface area contributed by atoms with Gasteiger partial charge < -0.3 is 15.4 Å². The van der Waals surface area contributed by atoms with Crippen LogP contribution in [0.3, 0.4) is 0 Å². The average molecular weight is 478 g/mol. The number of hydrogen-bond acceptors (Lipinski definition) is 4. The minimum atomic E-state index is 0. The number of ether oxygens (including phenoxy) is 1. The lowest BCUT2D eigenvalue weighted by molar-refractivity contribution is 0.00752. The predicted molar refractivity (Wildman–Crippen MR) is 117 cm³/mol. The molecule has 1 aliphatic heterocycles. The van der Waals surface area contributed by atoms with Crippen molar-refractivity contribution in [3.63, 3.8) is 0 Å². The Kier molecular flexibility index (Phi) is 11.1. The summed E-state index contributed by atoms with van der Waals surface area (Å²) in [6.07, 6.45) is 6.09. The van der Waals surface area contributed by atoms with Gasteiger partial charge in [0.25, 0.3) is 0 Å². The van der Waals surface area contributed by atoms with E-state index in [0.717, 1.165) is 58.2 Å². The number of aromatic nitrogens is 2. The first-order valence-corrected chi connectivity index (χ1v) is 9.34. The Balaban J connectivity index is 0.00000338. The second-order valence-electron chi connectivity index (χ2n) is 6.97. The van der Waals surface area contributed by atoms with Crippen LogP contribution in [0.1, 0.15) is 25.8 Å². The molecule has 1 aromatic heterocycles. The lowest BCUT2D eigenvalue weighted by Crippen LogP contribution is -2.52. The van der Waals surface area contributed by atoms with Crippen molar-refractivity contribution in [3.8, 4) is 0 Å². The molecule has 2 heterocycles. The fraction of sp³-hybridized carbons (Fsp3) is 0.778. The van der Waals surface area contributed by atoms with Crippen LogP contribution in [0.5, 0.6) is 0 Å². The monoisotopic (exact) mass is 478 g/mol. The Hall–Kier alpha value is -0.870. The number of halogens is 1. The zero-order valence-corrected chi connectivity index (χ0v) is 18.9. The van der Waals surface area contributed by atoms with Crippen LogP contribution in [-0.4, -0.2) is 73.1 Å². The van der Waals surface area contributed by atoms with Crippen LogP contribution in [0.4, 0.5) is 0 Å². The summed E-state index contributed by atoms with van der Waals surface area (Å²) in [5, 5.41) is 11.1. The van der Waals surface area contributed by atoms with Gasteiger partial charge >= 0.3 is 0 Å². The van der Waals surface area contributed by atoms with Gasteiger partial charge in [0.2, 0.25) is 0 Å². The van der Waals surface area contributed by atoms with E-state index in [0.29, 0.717) is 12.0 Å². The van der Waals surface area contributed by atoms with E-state index >= 15 is 0 Å². The van der Waals surface area contributed by atoms with Crippen LogP contribution in [0.15, 0.2) is 17.4 Å². The molecule has 0 bridgehead atoms. The van der Waals surface area contributed by atoms with Gasteiger partial charge in [-0.25, -0.2) is 0 Å². The number of hydrogen-bond donors (Lipinski definition) is 2. The molecule has 150 valence electrons. The van der Waals surface area contributed by atoms with E-state index in [9.17, 15) is 0 Å². The number of aryl methyl sites for hydroxylation is 2. The molecule has 7 nitrogen and oxygen atoms in total. The van der Waals surface area contributed by atoms with Gasteiger partial charge in [-0.05, 0) is 24.3 Å². The summed E-state index contributed by atoms with van der Waals surface area (Å²) in [4.78, 5) is 6.87. The third-order valence-electron chi connectivity index (χ3n) is 4.68. The van der Waals surface area contributed by atoms with E-state index in [1.54, 1.807) is 0 Å². The highest BCUT2D eigenvalue weighted by Crippen LogP contribution is 2.12. The first-order chi connectivity index (χ1) is 12.1. The zero-order valence-electron chi connectivity index (χ0n) is 16.6. The molecule has 0 aliphatic carbocycles. The normalized spacial score (nSPS) is 17.0. The van der Waals surface area contributed by atoms with E-state index in [1.807, 2.05) is 25.0 Å². The Morgan fingerprint density at radius 2 is 2.04 bits per heavy atom. The van der Waals surface area contributed by atoms with Crippen molar-refractivity contribution >= 4 is 29.9 Å². The van der Waals surface area contributed by atoms with Gasteiger partial charge in [-0.3, -0.25) is 14.6 Å². The molecule has 1 unspecified atom stereocenters. The summed E-state index contributed by atoms with van der Waals surface area (Å²) in [5.41, 5.74) is 1.28. The van der Waals surface area contributed by atoms with Crippen molar-refractivity contribution in [2.24, 2.45) is 18.0 Å². The third kappa shape index (κ3) is 7.79. The van der Waals surface area contributed by atoms with Gasteiger partial charge in [0.05, 0.1) is 19.4 Å². The molecule has 1 saturated heterocycles. The molecule has 26 heavy (non-hydrogen) atoms. The van der Waals surface area contributed by atoms with Gasteiger partial charge in [-0.1, -0.05) is 13.8 Å². The maximum absolute atomic E-state index is 5.48. The molecular formula is C18H35IN6O. The van der Waals surface area contributed by atoms with Crippen molar-refractivity contribution in [2.75, 3.05) is 46.4 Å². The SMILES string of the molecule is CN=C(NCCCc1cnn(C)c1)NCC(C(C)C)N1CCOCC1.I. The number of rotatable bonds is 8. The van der Waals surface area contributed by atoms with Crippen LogP contribution in [0, 0.1) is 5.92 Å². The molecule has 1 aromatic rings. The summed E-state index contributed by atoms with van der Waals surface area (Å²) in [7, 11) is 3.78. The van der Waals surface area contributed by atoms with Gasteiger partial charge in [0.1, 0.15) is 0 Å². The van der Waals surface area contributed by atoms with Gasteiger partial charge in [-0.2, -0.15) is 5.10 Å². The van der Waals surface area contributed by atoms with E-state index in [1.165, 1.54) is 5.56 Å². The highest BCUT2D eigenvalue weighted by molar-refractivity contribution is 14.0. The average Bonchev–Trinajstić information content (AvgIpc) is 3.03. The van der Waals surface area contributed by atoms with Crippen molar-refractivity contribution in [1.82, 2.24) is 25.3 Å². The summed E-state index contributed by atoms with van der Waals surface area (Å²) < 4.78 is 7.32. The molecule has 0 radical (unpaired) electrons. The van der Waals surface area contributed by atoms with Crippen LogP contribution >= 0.6 is 24.0 Å². The topological polar surface area (TPSA) is 66.7 Å². The molecule has 0 spiro atoms. The van der Waals surface area contributed by atoms with Crippen molar-refractivity contribution in [2.45, 2.75) is 32.7 Å². The molecule has 1 aliphatic rings. The summed E-state index contributed by atoms with van der Waals surface area (Å²) >= 11 is 0. The molecule has 1 fully saturated rings. The fourth-order valence-corrected chi connectivity index (χ4v) is 3.22. The first-order valence-electron chi connectivity index (χ1n) is 9.34. The molecular weight excluding hydrogens is 443 g/mol. The second-order valence-corrected chi connectivity index (χ2v) is 6.97. The Labute approximate surface area is 175 Å². The number of morpholine rings is 1. The van der Waals surface area contributed by atoms with Crippen LogP contribution in [0.25, 0.3) is 0 Å². The lowest BCUT2D eigenvalue weighted by Gasteiger charge is -2.37. The number of nitrogens with one attached hydrogen (secondary N) is 2. The van der Waals surface area contributed by atoms with Crippen molar-refractivity contribution in [3.05, 3.63) is 18.0 Å². The molecule has 0 aromatic carbocycles. The van der Waals surface area contributed by atoms with Gasteiger partial charge in [0, 0.05) is 52.5 Å². The van der Waals surface area contributed by atoms with E-state index in [-0.39, 0.29) is 24.0 Å². The lowest BCUT2D eigenvalue weighted by atomic mass is 10.0. The molecule has 1 atom stereocenters. The number of aliphatic imine (C=N–C) groups is 1. The standard InChI is InChI=1S/C18H34N6O.HI/c1-15(2)17(24-8-10-25-11-9-24)13-21-18(19-3)20-7-5-6-16-12-22-23(4)14-16;/h12,14-15,17H,5-11,13H2,1-4H3,(H2,19,20,21);1H. The maximum atomic E-state index is 5.48. The smallest absolute Gasteiger partial charge is 0.191 e. The van der Waals surface area contributed by atoms with Crippen molar-refractivity contribution < 1.29 is 4.74 Å². The third-order valence-corrected chi connectivity index (χ3v) is 4.68. The van der Waals surface area contributed by atoms with Crippen LogP contribution in [0.2, 0.25) is 0 Å². The molecule has 0 amide bonds. The molecule has 2 rings (SSSR count). The summed E-state index contributed by atoms with van der Waals surface area (Å²) in [6, 6.07) is 0.498. The van der Waals surface area contributed by atoms with E-state index in [2.05, 4.69) is 45.7 Å². The van der Waals surface area contributed by atoms with Gasteiger partial charge in [0.15, 0.2) is 5.96 Å². The maximum Gasteiger partial charge on any atom is 0.191 e. The molecule has 2 N–H and O–H groups in total. The quantitative estimate of drug-likeness (QED) is 0.257. The Bertz CT molecular complexity index is 528. The molecule has 8 heteroatoms. The van der Waals surface area contributed by atoms with Gasteiger partial charge in [-0.15, -0.1) is 24.0 Å². The summed E-state index contributed by atoms with van der Waals surface area (Å²) in [6.45, 7) is 10.1. The Morgan fingerprint density at radius 3 is 2.62 bits per heavy atom. The highest BCUT2D eigenvalue weighted by Gasteiger charge is 2.23. The number of guanidine groups is 1. The largest absolute Gasteiger partial charge is 0.379 e. The zero-order chi connectivity index (χ0) is 18.1. The van der Waals surface area contributed by atoms with E-state index < -0.39 is 0 Å². The minimum Gasteiger partial charge on any atom is -0.379 e. The second kappa shape index (κ2) is 12.5. The Morgan fingerprint density at radius 1 is 1.31 bits per heavy atom. The minimum absolute atomic E-state index is 0. The first kappa shape index (κ1) is 23.2. The van der Waals surface area contributed by atoms with Crippen molar-refractivity contribution in [1.29, 1.82) is 0 Å².